The molecule has 3 rings (SSSR count). The monoisotopic (exact) mass is 329 g/mol. The Hall–Kier alpha value is -2.40. The second-order valence-corrected chi connectivity index (χ2v) is 6.17. The van der Waals surface area contributed by atoms with Crippen LogP contribution >= 0.6 is 0 Å². The average Bonchev–Trinajstić information content (AvgIpc) is 3.34. The fourth-order valence-corrected chi connectivity index (χ4v) is 3.13. The Morgan fingerprint density at radius 1 is 1.17 bits per heavy atom. The minimum Gasteiger partial charge on any atom is -0.465 e. The predicted molar refractivity (Wildman–Crippen MR) is 88.3 cm³/mol. The zero-order valence-electron chi connectivity index (χ0n) is 13.2. The van der Waals surface area contributed by atoms with Crippen molar-refractivity contribution in [2.24, 2.45) is 0 Å². The first-order valence-electron chi connectivity index (χ1n) is 8.02. The maximum atomic E-state index is 13.0. The predicted octanol–water partition coefficient (Wildman–Crippen LogP) is 3.40. The van der Waals surface area contributed by atoms with Gasteiger partial charge in [0.05, 0.1) is 0 Å². The fourth-order valence-electron chi connectivity index (χ4n) is 3.13. The van der Waals surface area contributed by atoms with Gasteiger partial charge in [0, 0.05) is 25.1 Å². The van der Waals surface area contributed by atoms with Crippen LogP contribution in [0, 0.1) is 5.82 Å². The van der Waals surface area contributed by atoms with Gasteiger partial charge in [0.25, 0.3) is 0 Å². The van der Waals surface area contributed by atoms with Crippen molar-refractivity contribution in [1.82, 2.24) is 4.90 Å². The summed E-state index contributed by atoms with van der Waals surface area (Å²) in [5.41, 5.74) is 2.88. The molecule has 24 heavy (non-hydrogen) atoms. The zero-order chi connectivity index (χ0) is 17.1. The Labute approximate surface area is 140 Å². The molecule has 126 valence electrons. The van der Waals surface area contributed by atoms with E-state index in [0.29, 0.717) is 13.0 Å². The van der Waals surface area contributed by atoms with Crippen LogP contribution in [0.25, 0.3) is 0 Å². The molecule has 2 aromatic carbocycles. The molecule has 0 aliphatic heterocycles. The van der Waals surface area contributed by atoms with E-state index in [2.05, 4.69) is 0 Å². The molecule has 5 heteroatoms. The lowest BCUT2D eigenvalue weighted by Gasteiger charge is -2.20. The number of nitrogens with zero attached hydrogens (tertiary/aromatic N) is 1. The van der Waals surface area contributed by atoms with Crippen molar-refractivity contribution < 1.29 is 19.4 Å². The van der Waals surface area contributed by atoms with Gasteiger partial charge in [-0.3, -0.25) is 0 Å². The molecule has 0 saturated heterocycles. The first-order valence-corrected chi connectivity index (χ1v) is 8.02. The third-order valence-corrected chi connectivity index (χ3v) is 4.45. The van der Waals surface area contributed by atoms with E-state index >= 15 is 0 Å². The van der Waals surface area contributed by atoms with E-state index < -0.39 is 6.09 Å². The van der Waals surface area contributed by atoms with Crippen LogP contribution in [0.3, 0.4) is 0 Å². The highest BCUT2D eigenvalue weighted by Crippen LogP contribution is 2.45. The average molecular weight is 329 g/mol. The molecule has 0 radical (unpaired) electrons. The maximum absolute atomic E-state index is 13.0. The lowest BCUT2D eigenvalue weighted by molar-refractivity contribution is 0.138. The van der Waals surface area contributed by atoms with Crippen LogP contribution in [0.5, 0.6) is 0 Å². The van der Waals surface area contributed by atoms with Gasteiger partial charge in [0.1, 0.15) is 5.82 Å². The van der Waals surface area contributed by atoms with Crippen LogP contribution < -0.4 is 0 Å². The Morgan fingerprint density at radius 3 is 2.54 bits per heavy atom. The number of hydrogen-bond acceptors (Lipinski definition) is 2. The number of halogens is 1. The number of aliphatic hydroxyl groups is 1. The van der Waals surface area contributed by atoms with E-state index in [1.54, 1.807) is 12.1 Å². The molecule has 0 bridgehead atoms. The van der Waals surface area contributed by atoms with Crippen LogP contribution in [0.1, 0.15) is 29.0 Å². The SMILES string of the molecule is O=C(O)N(Cc1cccc(CCO)c1)[C@@H]1C[C@H]1c1ccc(F)cc1. The van der Waals surface area contributed by atoms with Crippen molar-refractivity contribution in [3.8, 4) is 0 Å². The molecular weight excluding hydrogens is 309 g/mol. The van der Waals surface area contributed by atoms with E-state index in [1.165, 1.54) is 17.0 Å². The molecule has 1 amide bonds. The number of carboxylic acid groups (broad SMARTS) is 1. The quantitative estimate of drug-likeness (QED) is 0.854. The number of aliphatic hydroxyl groups excluding tert-OH is 1. The lowest BCUT2D eigenvalue weighted by Crippen LogP contribution is -2.32. The van der Waals surface area contributed by atoms with Gasteiger partial charge in [0.15, 0.2) is 0 Å². The Kier molecular flexibility index (Phi) is 4.81. The maximum Gasteiger partial charge on any atom is 0.407 e. The molecule has 2 aromatic rings. The standard InChI is InChI=1S/C19H20FNO3/c20-16-6-4-15(5-7-16)17-11-18(17)21(19(23)24)12-14-3-1-2-13(10-14)8-9-22/h1-7,10,17-18,22H,8-9,11-12H2,(H,23,24)/t17-,18+/m0/s1. The lowest BCUT2D eigenvalue weighted by atomic mass is 10.1. The number of amides is 1. The van der Waals surface area contributed by atoms with Crippen LogP contribution in [0.2, 0.25) is 0 Å². The van der Waals surface area contributed by atoms with Gasteiger partial charge in [-0.15, -0.1) is 0 Å². The molecule has 4 nitrogen and oxygen atoms in total. The van der Waals surface area contributed by atoms with Crippen molar-refractivity contribution in [1.29, 1.82) is 0 Å². The summed E-state index contributed by atoms with van der Waals surface area (Å²) < 4.78 is 13.0. The zero-order valence-corrected chi connectivity index (χ0v) is 13.2. The Bertz CT molecular complexity index is 717. The van der Waals surface area contributed by atoms with Gasteiger partial charge < -0.3 is 15.1 Å². The Morgan fingerprint density at radius 2 is 1.88 bits per heavy atom. The van der Waals surface area contributed by atoms with Gasteiger partial charge >= 0.3 is 6.09 Å². The topological polar surface area (TPSA) is 60.8 Å². The molecule has 2 N–H and O–H groups in total. The van der Waals surface area contributed by atoms with Crippen molar-refractivity contribution in [2.75, 3.05) is 6.61 Å². The van der Waals surface area contributed by atoms with Crippen molar-refractivity contribution in [2.45, 2.75) is 31.3 Å². The molecule has 0 unspecified atom stereocenters. The number of rotatable bonds is 6. The third-order valence-electron chi connectivity index (χ3n) is 4.45. The first-order chi connectivity index (χ1) is 11.6. The van der Waals surface area contributed by atoms with Crippen molar-refractivity contribution in [3.05, 3.63) is 71.0 Å². The summed E-state index contributed by atoms with van der Waals surface area (Å²) in [6.07, 6.45) is 0.369. The summed E-state index contributed by atoms with van der Waals surface area (Å²) in [4.78, 5) is 13.1. The van der Waals surface area contributed by atoms with Crippen LogP contribution in [0.4, 0.5) is 9.18 Å². The molecule has 0 aromatic heterocycles. The molecule has 1 fully saturated rings. The summed E-state index contributed by atoms with van der Waals surface area (Å²) in [5.74, 6) is -0.158. The number of carbonyl (C=O) groups is 1. The number of hydrogen-bond donors (Lipinski definition) is 2. The molecule has 0 spiro atoms. The summed E-state index contributed by atoms with van der Waals surface area (Å²) in [5, 5.41) is 18.6. The second kappa shape index (κ2) is 7.01. The molecule has 2 atom stereocenters. The molecule has 1 aliphatic carbocycles. The fraction of sp³-hybridized carbons (Fsp3) is 0.316. The van der Waals surface area contributed by atoms with Crippen molar-refractivity contribution >= 4 is 6.09 Å². The van der Waals surface area contributed by atoms with E-state index in [-0.39, 0.29) is 24.4 Å². The first kappa shape index (κ1) is 16.5. The second-order valence-electron chi connectivity index (χ2n) is 6.17. The van der Waals surface area contributed by atoms with Gasteiger partial charge in [-0.2, -0.15) is 0 Å². The smallest absolute Gasteiger partial charge is 0.407 e. The summed E-state index contributed by atoms with van der Waals surface area (Å²) in [6.45, 7) is 0.387. The Balaban J connectivity index is 1.71. The highest BCUT2D eigenvalue weighted by atomic mass is 19.1. The van der Waals surface area contributed by atoms with Gasteiger partial charge in [-0.25, -0.2) is 9.18 Å². The minimum atomic E-state index is -0.947. The third kappa shape index (κ3) is 3.74. The van der Waals surface area contributed by atoms with E-state index in [1.807, 2.05) is 24.3 Å². The summed E-state index contributed by atoms with van der Waals surface area (Å²) >= 11 is 0. The van der Waals surface area contributed by atoms with E-state index in [9.17, 15) is 14.3 Å². The summed E-state index contributed by atoms with van der Waals surface area (Å²) in [6, 6.07) is 13.8. The molecule has 1 aliphatic rings. The molecule has 1 saturated carbocycles. The van der Waals surface area contributed by atoms with Gasteiger partial charge in [0.2, 0.25) is 0 Å². The van der Waals surface area contributed by atoms with Gasteiger partial charge in [-0.1, -0.05) is 36.4 Å². The largest absolute Gasteiger partial charge is 0.465 e. The highest BCUT2D eigenvalue weighted by Gasteiger charge is 2.44. The minimum absolute atomic E-state index is 0.0708. The van der Waals surface area contributed by atoms with E-state index in [0.717, 1.165) is 23.1 Å². The summed E-state index contributed by atoms with van der Waals surface area (Å²) in [7, 11) is 0. The van der Waals surface area contributed by atoms with Crippen LogP contribution in [0.15, 0.2) is 48.5 Å². The van der Waals surface area contributed by atoms with E-state index in [4.69, 9.17) is 5.11 Å². The molecule has 0 heterocycles. The normalized spacial score (nSPS) is 19.1. The van der Waals surface area contributed by atoms with Gasteiger partial charge in [-0.05, 0) is 41.7 Å². The molecular formula is C19H20FNO3. The van der Waals surface area contributed by atoms with Crippen molar-refractivity contribution in [3.63, 3.8) is 0 Å². The highest BCUT2D eigenvalue weighted by molar-refractivity contribution is 5.66. The van der Waals surface area contributed by atoms with Crippen LogP contribution in [-0.4, -0.2) is 33.9 Å². The van der Waals surface area contributed by atoms with Crippen LogP contribution in [-0.2, 0) is 13.0 Å². The number of benzene rings is 2.